The Hall–Kier alpha value is -2.41. The fraction of sp³-hybridized carbons (Fsp3) is 0.250. The molecule has 0 aliphatic carbocycles. The SMILES string of the molecule is COCCNC(=O)c1cccn2c(=O)c(N)cnc12. The molecule has 0 bridgehead atoms. The molecule has 0 atom stereocenters. The first kappa shape index (κ1) is 13.0. The van der Waals surface area contributed by atoms with Gasteiger partial charge in [0.15, 0.2) is 5.65 Å². The monoisotopic (exact) mass is 262 g/mol. The fourth-order valence-electron chi connectivity index (χ4n) is 1.66. The van der Waals surface area contributed by atoms with Gasteiger partial charge in [0.05, 0.1) is 18.4 Å². The maximum atomic E-state index is 12.0. The first-order valence-corrected chi connectivity index (χ1v) is 5.68. The number of pyridine rings is 1. The number of fused-ring (bicyclic) bond motifs is 1. The molecule has 3 N–H and O–H groups in total. The minimum atomic E-state index is -0.392. The van der Waals surface area contributed by atoms with Gasteiger partial charge in [0.2, 0.25) is 0 Å². The molecule has 2 aromatic heterocycles. The minimum Gasteiger partial charge on any atom is -0.393 e. The highest BCUT2D eigenvalue weighted by Crippen LogP contribution is 2.07. The quantitative estimate of drug-likeness (QED) is 0.734. The highest BCUT2D eigenvalue weighted by molar-refractivity contribution is 5.99. The summed E-state index contributed by atoms with van der Waals surface area (Å²) in [7, 11) is 1.55. The van der Waals surface area contributed by atoms with Crippen molar-refractivity contribution in [3.8, 4) is 0 Å². The van der Waals surface area contributed by atoms with Gasteiger partial charge in [-0.05, 0) is 12.1 Å². The zero-order valence-corrected chi connectivity index (χ0v) is 10.4. The Morgan fingerprint density at radius 2 is 2.37 bits per heavy atom. The molecule has 2 heterocycles. The number of hydrogen-bond donors (Lipinski definition) is 2. The van der Waals surface area contributed by atoms with E-state index < -0.39 is 5.56 Å². The van der Waals surface area contributed by atoms with Gasteiger partial charge in [-0.15, -0.1) is 0 Å². The Labute approximate surface area is 109 Å². The number of nitrogens with one attached hydrogen (secondary N) is 1. The van der Waals surface area contributed by atoms with Crippen LogP contribution in [-0.4, -0.2) is 35.6 Å². The van der Waals surface area contributed by atoms with E-state index >= 15 is 0 Å². The second kappa shape index (κ2) is 5.49. The number of rotatable bonds is 4. The lowest BCUT2D eigenvalue weighted by Crippen LogP contribution is -2.28. The lowest BCUT2D eigenvalue weighted by Gasteiger charge is -2.08. The Balaban J connectivity index is 2.42. The number of methoxy groups -OCH3 is 1. The zero-order chi connectivity index (χ0) is 13.8. The van der Waals surface area contributed by atoms with Gasteiger partial charge < -0.3 is 15.8 Å². The standard InChI is InChI=1S/C12H14N4O3/c1-19-6-4-14-11(17)8-3-2-5-16-10(8)15-7-9(13)12(16)18/h2-3,5,7H,4,6,13H2,1H3,(H,14,17). The summed E-state index contributed by atoms with van der Waals surface area (Å²) in [6.07, 6.45) is 2.77. The van der Waals surface area contributed by atoms with Gasteiger partial charge in [-0.2, -0.15) is 0 Å². The Bertz CT molecular complexity index is 666. The van der Waals surface area contributed by atoms with E-state index in [4.69, 9.17) is 10.5 Å². The number of amides is 1. The van der Waals surface area contributed by atoms with Crippen molar-refractivity contribution in [1.29, 1.82) is 0 Å². The summed E-state index contributed by atoms with van der Waals surface area (Å²) in [6.45, 7) is 0.798. The summed E-state index contributed by atoms with van der Waals surface area (Å²) in [5.74, 6) is -0.313. The zero-order valence-electron chi connectivity index (χ0n) is 10.4. The van der Waals surface area contributed by atoms with Gasteiger partial charge >= 0.3 is 0 Å². The average molecular weight is 262 g/mol. The van der Waals surface area contributed by atoms with Crippen LogP contribution in [0.15, 0.2) is 29.3 Å². The summed E-state index contributed by atoms with van der Waals surface area (Å²) in [6, 6.07) is 3.20. The second-order valence-corrected chi connectivity index (χ2v) is 3.88. The van der Waals surface area contributed by atoms with Crippen LogP contribution in [0.1, 0.15) is 10.4 Å². The average Bonchev–Trinajstić information content (AvgIpc) is 2.42. The van der Waals surface area contributed by atoms with E-state index in [0.29, 0.717) is 18.7 Å². The molecule has 0 aromatic carbocycles. The molecule has 19 heavy (non-hydrogen) atoms. The van der Waals surface area contributed by atoms with E-state index in [0.717, 1.165) is 0 Å². The molecule has 1 amide bonds. The number of anilines is 1. The van der Waals surface area contributed by atoms with E-state index in [2.05, 4.69) is 10.3 Å². The number of nitrogens with two attached hydrogens (primary N) is 1. The van der Waals surface area contributed by atoms with Gasteiger partial charge in [-0.25, -0.2) is 4.98 Å². The number of carbonyl (C=O) groups is 1. The normalized spacial score (nSPS) is 10.6. The number of nitrogen functional groups attached to an aromatic ring is 1. The molecular weight excluding hydrogens is 248 g/mol. The van der Waals surface area contributed by atoms with E-state index in [1.807, 2.05) is 0 Å². The molecule has 7 heteroatoms. The molecule has 0 aliphatic heterocycles. The predicted octanol–water partition coefficient (Wildman–Crippen LogP) is -0.347. The van der Waals surface area contributed by atoms with Gasteiger partial charge in [0.1, 0.15) is 5.69 Å². The second-order valence-electron chi connectivity index (χ2n) is 3.88. The largest absolute Gasteiger partial charge is 0.393 e. The third kappa shape index (κ3) is 2.55. The van der Waals surface area contributed by atoms with E-state index in [1.54, 1.807) is 19.2 Å². The summed E-state index contributed by atoms with van der Waals surface area (Å²) in [5.41, 5.74) is 5.73. The summed E-state index contributed by atoms with van der Waals surface area (Å²) >= 11 is 0. The molecule has 0 fully saturated rings. The van der Waals surface area contributed by atoms with Gasteiger partial charge in [-0.1, -0.05) is 0 Å². The topological polar surface area (TPSA) is 98.7 Å². The van der Waals surface area contributed by atoms with Crippen molar-refractivity contribution in [2.45, 2.75) is 0 Å². The summed E-state index contributed by atoms with van der Waals surface area (Å²) in [5, 5.41) is 2.68. The molecule has 7 nitrogen and oxygen atoms in total. The molecule has 0 radical (unpaired) electrons. The van der Waals surface area contributed by atoms with Crippen molar-refractivity contribution in [3.05, 3.63) is 40.4 Å². The van der Waals surface area contributed by atoms with Crippen molar-refractivity contribution in [3.63, 3.8) is 0 Å². The van der Waals surface area contributed by atoms with Crippen LogP contribution >= 0.6 is 0 Å². The maximum absolute atomic E-state index is 12.0. The first-order chi connectivity index (χ1) is 9.15. The van der Waals surface area contributed by atoms with Crippen LogP contribution in [0.3, 0.4) is 0 Å². The van der Waals surface area contributed by atoms with Crippen LogP contribution in [0.5, 0.6) is 0 Å². The molecule has 0 spiro atoms. The van der Waals surface area contributed by atoms with Crippen LogP contribution < -0.4 is 16.6 Å². The van der Waals surface area contributed by atoms with Crippen LogP contribution in [0.25, 0.3) is 5.65 Å². The molecule has 100 valence electrons. The number of carbonyl (C=O) groups excluding carboxylic acids is 1. The predicted molar refractivity (Wildman–Crippen MR) is 70.1 cm³/mol. The first-order valence-electron chi connectivity index (χ1n) is 5.68. The fourth-order valence-corrected chi connectivity index (χ4v) is 1.66. The van der Waals surface area contributed by atoms with E-state index in [9.17, 15) is 9.59 Å². The minimum absolute atomic E-state index is 0.0365. The Morgan fingerprint density at radius 1 is 1.58 bits per heavy atom. The lowest BCUT2D eigenvalue weighted by molar-refractivity contribution is 0.0938. The van der Waals surface area contributed by atoms with Gasteiger partial charge in [0.25, 0.3) is 11.5 Å². The van der Waals surface area contributed by atoms with Crippen LogP contribution in [0.2, 0.25) is 0 Å². The van der Waals surface area contributed by atoms with Crippen LogP contribution in [-0.2, 0) is 4.74 Å². The summed E-state index contributed by atoms with van der Waals surface area (Å²) in [4.78, 5) is 27.8. The third-order valence-corrected chi connectivity index (χ3v) is 2.60. The van der Waals surface area contributed by atoms with Gasteiger partial charge in [0, 0.05) is 19.9 Å². The van der Waals surface area contributed by atoms with Crippen LogP contribution in [0.4, 0.5) is 5.69 Å². The summed E-state index contributed by atoms with van der Waals surface area (Å²) < 4.78 is 6.10. The molecule has 0 saturated carbocycles. The van der Waals surface area contributed by atoms with Crippen molar-refractivity contribution >= 4 is 17.2 Å². The Kier molecular flexibility index (Phi) is 3.76. The van der Waals surface area contributed by atoms with Crippen molar-refractivity contribution in [2.24, 2.45) is 0 Å². The van der Waals surface area contributed by atoms with Crippen molar-refractivity contribution in [2.75, 3.05) is 26.0 Å². The number of nitrogens with zero attached hydrogens (tertiary/aromatic N) is 2. The molecule has 0 saturated heterocycles. The smallest absolute Gasteiger partial charge is 0.281 e. The highest BCUT2D eigenvalue weighted by Gasteiger charge is 2.12. The lowest BCUT2D eigenvalue weighted by atomic mass is 10.2. The molecule has 0 aliphatic rings. The third-order valence-electron chi connectivity index (χ3n) is 2.60. The molecule has 2 rings (SSSR count). The van der Waals surface area contributed by atoms with E-state index in [1.165, 1.54) is 16.8 Å². The van der Waals surface area contributed by atoms with Crippen molar-refractivity contribution in [1.82, 2.24) is 14.7 Å². The highest BCUT2D eigenvalue weighted by atomic mass is 16.5. The maximum Gasteiger partial charge on any atom is 0.281 e. The van der Waals surface area contributed by atoms with Crippen LogP contribution in [0, 0.1) is 0 Å². The molecular formula is C12H14N4O3. The molecule has 2 aromatic rings. The number of hydrogen-bond acceptors (Lipinski definition) is 5. The van der Waals surface area contributed by atoms with Crippen molar-refractivity contribution < 1.29 is 9.53 Å². The Morgan fingerprint density at radius 3 is 3.11 bits per heavy atom. The number of ether oxygens (including phenoxy) is 1. The van der Waals surface area contributed by atoms with E-state index in [-0.39, 0.29) is 17.2 Å². The molecule has 0 unspecified atom stereocenters. The van der Waals surface area contributed by atoms with Gasteiger partial charge in [-0.3, -0.25) is 14.0 Å². The number of aromatic nitrogens is 2.